The Hall–Kier alpha value is -1.16. The summed E-state index contributed by atoms with van der Waals surface area (Å²) in [5.41, 5.74) is 1.94. The van der Waals surface area contributed by atoms with Gasteiger partial charge in [0, 0.05) is 17.4 Å². The molecule has 0 aromatic carbocycles. The van der Waals surface area contributed by atoms with E-state index >= 15 is 0 Å². The average molecular weight is 233 g/mol. The number of piperidine rings is 1. The van der Waals surface area contributed by atoms with E-state index in [-0.39, 0.29) is 5.56 Å². The first-order valence-corrected chi connectivity index (χ1v) is 6.57. The number of nitrogens with one attached hydrogen (secondary N) is 2. The van der Waals surface area contributed by atoms with Crippen LogP contribution in [-0.4, -0.2) is 23.1 Å². The predicted molar refractivity (Wildman–Crippen MR) is 66.4 cm³/mol. The summed E-state index contributed by atoms with van der Waals surface area (Å²) in [6, 6.07) is 0. The van der Waals surface area contributed by atoms with Gasteiger partial charge in [-0.05, 0) is 45.7 Å². The molecule has 1 aromatic rings. The zero-order valence-corrected chi connectivity index (χ0v) is 10.3. The van der Waals surface area contributed by atoms with Gasteiger partial charge in [0.25, 0.3) is 5.56 Å². The highest BCUT2D eigenvalue weighted by atomic mass is 16.1. The fraction of sp³-hybridized carbons (Fsp3) is 0.692. The molecule has 1 aromatic heterocycles. The minimum absolute atomic E-state index is 0.0652. The van der Waals surface area contributed by atoms with Crippen LogP contribution in [0.15, 0.2) is 4.79 Å². The van der Waals surface area contributed by atoms with Crippen LogP contribution in [0, 0.1) is 6.92 Å². The van der Waals surface area contributed by atoms with E-state index in [1.54, 1.807) is 0 Å². The summed E-state index contributed by atoms with van der Waals surface area (Å²) in [4.78, 5) is 19.6. The molecule has 4 heteroatoms. The van der Waals surface area contributed by atoms with E-state index in [0.717, 1.165) is 43.0 Å². The number of nitrogens with zero attached hydrogens (tertiary/aromatic N) is 1. The highest BCUT2D eigenvalue weighted by molar-refractivity contribution is 5.23. The number of H-pyrrole nitrogens is 1. The normalized spacial score (nSPS) is 21.7. The molecule has 0 unspecified atom stereocenters. The first kappa shape index (κ1) is 11.0. The maximum Gasteiger partial charge on any atom is 0.254 e. The van der Waals surface area contributed by atoms with Gasteiger partial charge < -0.3 is 10.3 Å². The van der Waals surface area contributed by atoms with E-state index in [9.17, 15) is 4.79 Å². The number of hydrogen-bond donors (Lipinski definition) is 2. The second-order valence-corrected chi connectivity index (χ2v) is 5.26. The zero-order chi connectivity index (χ0) is 11.8. The van der Waals surface area contributed by atoms with Crippen molar-refractivity contribution in [3.63, 3.8) is 0 Å². The van der Waals surface area contributed by atoms with Gasteiger partial charge in [0.15, 0.2) is 0 Å². The van der Waals surface area contributed by atoms with Crippen molar-refractivity contribution in [2.45, 2.75) is 44.4 Å². The average Bonchev–Trinajstić information content (AvgIpc) is 3.18. The quantitative estimate of drug-likeness (QED) is 0.812. The Bertz CT molecular complexity index is 470. The fourth-order valence-corrected chi connectivity index (χ4v) is 2.61. The van der Waals surface area contributed by atoms with Crippen LogP contribution in [0.2, 0.25) is 0 Å². The van der Waals surface area contributed by atoms with Gasteiger partial charge in [-0.1, -0.05) is 0 Å². The molecule has 2 aliphatic rings. The van der Waals surface area contributed by atoms with Crippen molar-refractivity contribution in [3.8, 4) is 0 Å². The monoisotopic (exact) mass is 233 g/mol. The Balaban J connectivity index is 1.98. The summed E-state index contributed by atoms with van der Waals surface area (Å²) in [6.07, 6.45) is 4.55. The molecule has 0 spiro atoms. The summed E-state index contributed by atoms with van der Waals surface area (Å²) in [5.74, 6) is 1.91. The van der Waals surface area contributed by atoms with Crippen molar-refractivity contribution in [3.05, 3.63) is 27.4 Å². The van der Waals surface area contributed by atoms with Gasteiger partial charge in [-0.25, -0.2) is 4.98 Å². The lowest BCUT2D eigenvalue weighted by molar-refractivity contribution is 0.449. The van der Waals surface area contributed by atoms with Crippen molar-refractivity contribution >= 4 is 0 Å². The molecule has 2 heterocycles. The highest BCUT2D eigenvalue weighted by Crippen LogP contribution is 2.38. The van der Waals surface area contributed by atoms with Crippen LogP contribution in [0.3, 0.4) is 0 Å². The van der Waals surface area contributed by atoms with Gasteiger partial charge >= 0.3 is 0 Å². The molecule has 92 valence electrons. The maximum atomic E-state index is 11.9. The van der Waals surface area contributed by atoms with E-state index in [0.29, 0.717) is 11.8 Å². The van der Waals surface area contributed by atoms with Gasteiger partial charge in [0.1, 0.15) is 5.82 Å². The standard InChI is InChI=1S/C13H19N3O/c1-8-11(9-4-6-14-7-5-9)15-12(10-2-3-10)16-13(8)17/h9-10,14H,2-7H2,1H3,(H,15,16,17). The summed E-state index contributed by atoms with van der Waals surface area (Å²) >= 11 is 0. The third kappa shape index (κ3) is 2.14. The first-order valence-electron chi connectivity index (χ1n) is 6.57. The molecule has 3 rings (SSSR count). The van der Waals surface area contributed by atoms with Gasteiger partial charge in [-0.2, -0.15) is 0 Å². The van der Waals surface area contributed by atoms with Crippen LogP contribution in [0.1, 0.15) is 54.6 Å². The molecule has 17 heavy (non-hydrogen) atoms. The molecule has 1 aliphatic heterocycles. The minimum atomic E-state index is 0.0652. The maximum absolute atomic E-state index is 11.9. The lowest BCUT2D eigenvalue weighted by Gasteiger charge is -2.23. The second kappa shape index (κ2) is 4.26. The van der Waals surface area contributed by atoms with E-state index in [1.807, 2.05) is 6.92 Å². The van der Waals surface area contributed by atoms with Gasteiger partial charge in [-0.15, -0.1) is 0 Å². The number of aromatic nitrogens is 2. The van der Waals surface area contributed by atoms with E-state index < -0.39 is 0 Å². The summed E-state index contributed by atoms with van der Waals surface area (Å²) < 4.78 is 0. The molecule has 0 bridgehead atoms. The molecule has 1 saturated heterocycles. The lowest BCUT2D eigenvalue weighted by atomic mass is 9.92. The number of hydrogen-bond acceptors (Lipinski definition) is 3. The predicted octanol–water partition coefficient (Wildman–Crippen LogP) is 1.42. The molecule has 0 atom stereocenters. The Morgan fingerprint density at radius 1 is 1.12 bits per heavy atom. The molecule has 2 N–H and O–H groups in total. The second-order valence-electron chi connectivity index (χ2n) is 5.26. The molecular formula is C13H19N3O. The number of rotatable bonds is 2. The van der Waals surface area contributed by atoms with Crippen LogP contribution in [-0.2, 0) is 0 Å². The van der Waals surface area contributed by atoms with E-state index in [1.165, 1.54) is 12.8 Å². The fourth-order valence-electron chi connectivity index (χ4n) is 2.61. The van der Waals surface area contributed by atoms with Crippen LogP contribution < -0.4 is 10.9 Å². The van der Waals surface area contributed by atoms with Crippen molar-refractivity contribution in [1.29, 1.82) is 0 Å². The first-order chi connectivity index (χ1) is 8.25. The van der Waals surface area contributed by atoms with Gasteiger partial charge in [0.2, 0.25) is 0 Å². The van der Waals surface area contributed by atoms with Crippen molar-refractivity contribution in [2.75, 3.05) is 13.1 Å². The Kier molecular flexibility index (Phi) is 2.74. The summed E-state index contributed by atoms with van der Waals surface area (Å²) in [5, 5.41) is 3.35. The topological polar surface area (TPSA) is 57.8 Å². The van der Waals surface area contributed by atoms with Crippen LogP contribution in [0.5, 0.6) is 0 Å². The molecule has 2 fully saturated rings. The molecule has 1 saturated carbocycles. The molecule has 4 nitrogen and oxygen atoms in total. The van der Waals surface area contributed by atoms with Crippen LogP contribution in [0.4, 0.5) is 0 Å². The Morgan fingerprint density at radius 2 is 1.82 bits per heavy atom. The van der Waals surface area contributed by atoms with E-state index in [4.69, 9.17) is 4.98 Å². The third-order valence-electron chi connectivity index (χ3n) is 3.90. The van der Waals surface area contributed by atoms with Crippen molar-refractivity contribution < 1.29 is 0 Å². The third-order valence-corrected chi connectivity index (χ3v) is 3.90. The summed E-state index contributed by atoms with van der Waals surface area (Å²) in [6.45, 7) is 3.98. The molecular weight excluding hydrogens is 214 g/mol. The van der Waals surface area contributed by atoms with Crippen LogP contribution in [0.25, 0.3) is 0 Å². The Morgan fingerprint density at radius 3 is 2.47 bits per heavy atom. The van der Waals surface area contributed by atoms with Crippen LogP contribution >= 0.6 is 0 Å². The number of aromatic amines is 1. The molecule has 0 radical (unpaired) electrons. The van der Waals surface area contributed by atoms with E-state index in [2.05, 4.69) is 10.3 Å². The lowest BCUT2D eigenvalue weighted by Crippen LogP contribution is -2.29. The smallest absolute Gasteiger partial charge is 0.254 e. The Labute approximate surface area is 101 Å². The summed E-state index contributed by atoms with van der Waals surface area (Å²) in [7, 11) is 0. The largest absolute Gasteiger partial charge is 0.317 e. The highest BCUT2D eigenvalue weighted by Gasteiger charge is 2.28. The van der Waals surface area contributed by atoms with Gasteiger partial charge in [-0.3, -0.25) is 4.79 Å². The molecule has 1 aliphatic carbocycles. The van der Waals surface area contributed by atoms with Crippen molar-refractivity contribution in [1.82, 2.24) is 15.3 Å². The minimum Gasteiger partial charge on any atom is -0.317 e. The van der Waals surface area contributed by atoms with Crippen molar-refractivity contribution in [2.24, 2.45) is 0 Å². The SMILES string of the molecule is Cc1c(C2CCNCC2)nc(C2CC2)[nH]c1=O. The van der Waals surface area contributed by atoms with Gasteiger partial charge in [0.05, 0.1) is 5.69 Å². The zero-order valence-electron chi connectivity index (χ0n) is 10.3. The molecule has 0 amide bonds.